The summed E-state index contributed by atoms with van der Waals surface area (Å²) in [6, 6.07) is 0. The molecule has 0 aliphatic heterocycles. The van der Waals surface area contributed by atoms with Crippen LogP contribution >= 0.6 is 0 Å². The predicted molar refractivity (Wildman–Crippen MR) is 75.4 cm³/mol. The van der Waals surface area contributed by atoms with E-state index in [-0.39, 0.29) is 5.78 Å². The van der Waals surface area contributed by atoms with E-state index in [1.54, 1.807) is 19.9 Å². The van der Waals surface area contributed by atoms with E-state index in [1.807, 2.05) is 0 Å². The summed E-state index contributed by atoms with van der Waals surface area (Å²) in [5.41, 5.74) is -2.66. The van der Waals surface area contributed by atoms with Crippen LogP contribution in [0, 0.1) is 23.2 Å². The molecule has 5 atom stereocenters. The van der Waals surface area contributed by atoms with Gasteiger partial charge in [0.1, 0.15) is 11.4 Å². The van der Waals surface area contributed by atoms with Crippen LogP contribution in [0.15, 0.2) is 23.8 Å². The third-order valence-electron chi connectivity index (χ3n) is 4.94. The Bertz CT molecular complexity index is 583. The molecule has 0 heterocycles. The molecule has 5 nitrogen and oxygen atoms in total. The highest BCUT2D eigenvalue weighted by Gasteiger charge is 2.58. The molecule has 0 saturated carbocycles. The molecule has 2 aliphatic carbocycles. The van der Waals surface area contributed by atoms with E-state index in [2.05, 4.69) is 0 Å². The Morgan fingerprint density at radius 3 is 2.33 bits per heavy atom. The second-order valence-electron chi connectivity index (χ2n) is 6.46. The molecule has 0 saturated heterocycles. The van der Waals surface area contributed by atoms with Crippen molar-refractivity contribution in [1.82, 2.24) is 0 Å². The fraction of sp³-hybridized carbons (Fsp3) is 0.562. The van der Waals surface area contributed by atoms with Gasteiger partial charge in [0.15, 0.2) is 5.78 Å². The third kappa shape index (κ3) is 2.07. The Balaban J connectivity index is 2.71. The number of allylic oxidation sites excluding steroid dienone is 2. The highest BCUT2D eigenvalue weighted by Crippen LogP contribution is 2.51. The van der Waals surface area contributed by atoms with Crippen molar-refractivity contribution < 1.29 is 24.6 Å². The average molecular weight is 292 g/mol. The largest absolute Gasteiger partial charge is 0.481 e. The fourth-order valence-electron chi connectivity index (χ4n) is 3.60. The molecule has 0 unspecified atom stereocenters. The maximum Gasteiger partial charge on any atom is 0.313 e. The SMILES string of the molecule is CC(=O)[C@@H]1C=C[C@@](C)(C(=O)O)[C@@H]2C=C(C)C(=O)[C@](C)(O)[C@@H]21. The average Bonchev–Trinajstić information content (AvgIpc) is 2.37. The molecule has 0 aromatic heterocycles. The van der Waals surface area contributed by atoms with Gasteiger partial charge in [-0.3, -0.25) is 14.4 Å². The van der Waals surface area contributed by atoms with Crippen molar-refractivity contribution in [3.8, 4) is 0 Å². The molecule has 0 aromatic rings. The van der Waals surface area contributed by atoms with Gasteiger partial charge in [-0.1, -0.05) is 18.2 Å². The number of aliphatic hydroxyl groups is 1. The summed E-state index contributed by atoms with van der Waals surface area (Å²) in [7, 11) is 0. The van der Waals surface area contributed by atoms with E-state index in [1.165, 1.54) is 26.0 Å². The fourth-order valence-corrected chi connectivity index (χ4v) is 3.60. The molecule has 0 radical (unpaired) electrons. The van der Waals surface area contributed by atoms with Gasteiger partial charge < -0.3 is 10.2 Å². The summed E-state index contributed by atoms with van der Waals surface area (Å²) in [5.74, 6) is -3.71. The van der Waals surface area contributed by atoms with Crippen LogP contribution < -0.4 is 0 Å². The molecule has 0 fully saturated rings. The first-order valence-corrected chi connectivity index (χ1v) is 6.92. The smallest absolute Gasteiger partial charge is 0.313 e. The standard InChI is InChI=1S/C16H20O5/c1-8-7-11-12(16(4,21)13(8)18)10(9(2)17)5-6-15(11,3)14(19)20/h5-7,10-12,21H,1-4H3,(H,19,20)/t10-,11+,12+,15+,16+/m0/s1. The van der Waals surface area contributed by atoms with Crippen molar-refractivity contribution in [3.63, 3.8) is 0 Å². The number of fused-ring (bicyclic) bond motifs is 1. The zero-order chi connectivity index (χ0) is 16.2. The first-order chi connectivity index (χ1) is 9.53. The molecule has 2 aliphatic rings. The van der Waals surface area contributed by atoms with Crippen molar-refractivity contribution in [3.05, 3.63) is 23.8 Å². The maximum atomic E-state index is 12.2. The zero-order valence-corrected chi connectivity index (χ0v) is 12.6. The molecular weight excluding hydrogens is 272 g/mol. The minimum atomic E-state index is -1.75. The number of rotatable bonds is 2. The lowest BCUT2D eigenvalue weighted by atomic mass is 9.54. The second kappa shape index (κ2) is 4.63. The molecule has 0 spiro atoms. The highest BCUT2D eigenvalue weighted by molar-refractivity contribution is 6.03. The van der Waals surface area contributed by atoms with Gasteiger partial charge in [0.2, 0.25) is 0 Å². The zero-order valence-electron chi connectivity index (χ0n) is 12.6. The van der Waals surface area contributed by atoms with Crippen LogP contribution in [0.3, 0.4) is 0 Å². The number of Topliss-reactive ketones (excluding diaryl/α,β-unsaturated/α-hetero) is 2. The van der Waals surface area contributed by atoms with Crippen LogP contribution in [-0.4, -0.2) is 33.3 Å². The Kier molecular flexibility index (Phi) is 3.45. The van der Waals surface area contributed by atoms with Crippen molar-refractivity contribution in [2.45, 2.75) is 33.3 Å². The van der Waals surface area contributed by atoms with Crippen LogP contribution in [0.25, 0.3) is 0 Å². The lowest BCUT2D eigenvalue weighted by Crippen LogP contribution is -2.58. The minimum absolute atomic E-state index is 0.185. The van der Waals surface area contributed by atoms with Crippen LogP contribution in [0.5, 0.6) is 0 Å². The van der Waals surface area contributed by atoms with Gasteiger partial charge in [0, 0.05) is 17.8 Å². The first-order valence-electron chi connectivity index (χ1n) is 6.92. The molecule has 0 aromatic carbocycles. The summed E-state index contributed by atoms with van der Waals surface area (Å²) >= 11 is 0. The number of ketones is 2. The van der Waals surface area contributed by atoms with E-state index < -0.39 is 40.5 Å². The van der Waals surface area contributed by atoms with Gasteiger partial charge in [-0.05, 0) is 33.3 Å². The van der Waals surface area contributed by atoms with Crippen LogP contribution in [-0.2, 0) is 14.4 Å². The highest BCUT2D eigenvalue weighted by atomic mass is 16.4. The molecular formula is C16H20O5. The number of carbonyl (C=O) groups excluding carboxylic acids is 2. The van der Waals surface area contributed by atoms with Crippen LogP contribution in [0.1, 0.15) is 27.7 Å². The lowest BCUT2D eigenvalue weighted by molar-refractivity contribution is -0.160. The lowest BCUT2D eigenvalue weighted by Gasteiger charge is -2.49. The summed E-state index contributed by atoms with van der Waals surface area (Å²) in [6.45, 7) is 5.88. The van der Waals surface area contributed by atoms with Gasteiger partial charge in [-0.15, -0.1) is 0 Å². The summed E-state index contributed by atoms with van der Waals surface area (Å²) in [6.07, 6.45) is 4.63. The normalized spacial score (nSPS) is 42.2. The van der Waals surface area contributed by atoms with Gasteiger partial charge >= 0.3 is 5.97 Å². The molecule has 0 bridgehead atoms. The van der Waals surface area contributed by atoms with E-state index in [0.717, 1.165) is 0 Å². The van der Waals surface area contributed by atoms with E-state index in [9.17, 15) is 24.6 Å². The topological polar surface area (TPSA) is 91.7 Å². The molecule has 2 rings (SSSR count). The number of hydrogen-bond acceptors (Lipinski definition) is 4. The summed E-state index contributed by atoms with van der Waals surface area (Å²) in [4.78, 5) is 35.8. The van der Waals surface area contributed by atoms with Crippen molar-refractivity contribution >= 4 is 17.5 Å². The van der Waals surface area contributed by atoms with Gasteiger partial charge in [-0.25, -0.2) is 0 Å². The van der Waals surface area contributed by atoms with Crippen LogP contribution in [0.2, 0.25) is 0 Å². The van der Waals surface area contributed by atoms with E-state index in [4.69, 9.17) is 0 Å². The summed E-state index contributed by atoms with van der Waals surface area (Å²) in [5, 5.41) is 20.2. The Labute approximate surface area is 123 Å². The maximum absolute atomic E-state index is 12.2. The minimum Gasteiger partial charge on any atom is -0.481 e. The van der Waals surface area contributed by atoms with E-state index in [0.29, 0.717) is 5.57 Å². The molecule has 0 amide bonds. The van der Waals surface area contributed by atoms with Gasteiger partial charge in [-0.2, -0.15) is 0 Å². The Morgan fingerprint density at radius 2 is 1.86 bits per heavy atom. The van der Waals surface area contributed by atoms with E-state index >= 15 is 0 Å². The van der Waals surface area contributed by atoms with Crippen molar-refractivity contribution in [2.24, 2.45) is 23.2 Å². The molecule has 21 heavy (non-hydrogen) atoms. The van der Waals surface area contributed by atoms with Gasteiger partial charge in [0.05, 0.1) is 5.41 Å². The quantitative estimate of drug-likeness (QED) is 0.750. The molecule has 2 N–H and O–H groups in total. The molecule has 5 heteroatoms. The summed E-state index contributed by atoms with van der Waals surface area (Å²) < 4.78 is 0. The number of aliphatic carboxylic acids is 1. The monoisotopic (exact) mass is 292 g/mol. The van der Waals surface area contributed by atoms with Crippen LogP contribution in [0.4, 0.5) is 0 Å². The van der Waals surface area contributed by atoms with Crippen molar-refractivity contribution in [2.75, 3.05) is 0 Å². The Morgan fingerprint density at radius 1 is 1.29 bits per heavy atom. The number of hydrogen-bond donors (Lipinski definition) is 2. The number of carboxylic acids is 1. The third-order valence-corrected chi connectivity index (χ3v) is 4.94. The predicted octanol–water partition coefficient (Wildman–Crippen LogP) is 1.36. The second-order valence-corrected chi connectivity index (χ2v) is 6.46. The molecule has 114 valence electrons. The Hall–Kier alpha value is -1.75. The number of carbonyl (C=O) groups is 3. The number of carboxylic acid groups (broad SMARTS) is 1. The van der Waals surface area contributed by atoms with Crippen molar-refractivity contribution in [1.29, 1.82) is 0 Å². The first kappa shape index (κ1) is 15.6. The van der Waals surface area contributed by atoms with Gasteiger partial charge in [0.25, 0.3) is 0 Å².